The molecule has 0 saturated carbocycles. The highest BCUT2D eigenvalue weighted by Crippen LogP contribution is 2.48. The Balaban J connectivity index is 2.25. The Morgan fingerprint density at radius 2 is 2.18 bits per heavy atom. The van der Waals surface area contributed by atoms with Crippen LogP contribution in [0.25, 0.3) is 0 Å². The van der Waals surface area contributed by atoms with E-state index in [0.717, 1.165) is 12.8 Å². The van der Waals surface area contributed by atoms with Gasteiger partial charge in [-0.1, -0.05) is 20.8 Å². The fraction of sp³-hybridized carbons (Fsp3) is 0.917. The highest BCUT2D eigenvalue weighted by molar-refractivity contribution is 5.65. The van der Waals surface area contributed by atoms with Crippen molar-refractivity contribution in [3.8, 4) is 0 Å². The minimum absolute atomic E-state index is 0.221. The van der Waals surface area contributed by atoms with Crippen LogP contribution in [-0.4, -0.2) is 29.9 Å². The minimum Gasteiger partial charge on any atom is -0.443 e. The van der Waals surface area contributed by atoms with Crippen molar-refractivity contribution in [2.45, 2.75) is 63.9 Å². The molecule has 0 aliphatic carbocycles. The number of amides is 1. The number of ether oxygens (including phenoxy) is 1. The van der Waals surface area contributed by atoms with E-state index in [1.807, 2.05) is 20.8 Å². The first-order valence-corrected chi connectivity index (χ1v) is 6.14. The first kappa shape index (κ1) is 12.6. The van der Waals surface area contributed by atoms with Gasteiger partial charge in [-0.3, -0.25) is 0 Å². The van der Waals surface area contributed by atoms with Crippen LogP contribution in [0, 0.1) is 5.41 Å². The first-order valence-electron chi connectivity index (χ1n) is 6.14. The highest BCUT2D eigenvalue weighted by Gasteiger charge is 2.59. The molecule has 98 valence electrons. The van der Waals surface area contributed by atoms with E-state index in [4.69, 9.17) is 10.5 Å². The molecule has 3 N–H and O–H groups in total. The molecule has 0 aromatic heterocycles. The van der Waals surface area contributed by atoms with Gasteiger partial charge in [0.15, 0.2) is 6.17 Å². The van der Waals surface area contributed by atoms with Crippen molar-refractivity contribution < 1.29 is 13.9 Å². The van der Waals surface area contributed by atoms with Crippen molar-refractivity contribution in [1.29, 1.82) is 0 Å². The van der Waals surface area contributed by atoms with Gasteiger partial charge in [-0.15, -0.1) is 0 Å². The fourth-order valence-corrected chi connectivity index (χ4v) is 3.28. The van der Waals surface area contributed by atoms with Crippen molar-refractivity contribution in [1.82, 2.24) is 5.32 Å². The first-order chi connectivity index (χ1) is 7.76. The summed E-state index contributed by atoms with van der Waals surface area (Å²) in [5.41, 5.74) is 4.18. The van der Waals surface area contributed by atoms with Crippen molar-refractivity contribution in [2.24, 2.45) is 11.1 Å². The van der Waals surface area contributed by atoms with Crippen LogP contribution < -0.4 is 11.1 Å². The number of rotatable bonds is 1. The van der Waals surface area contributed by atoms with Gasteiger partial charge in [0.2, 0.25) is 0 Å². The molecule has 0 spiro atoms. The number of nitrogens with one attached hydrogen (secondary N) is 1. The molecule has 0 aromatic rings. The quantitative estimate of drug-likeness (QED) is 0.738. The van der Waals surface area contributed by atoms with Gasteiger partial charge in [0.25, 0.3) is 0 Å². The largest absolute Gasteiger partial charge is 0.443 e. The number of hydrogen-bond acceptors (Lipinski definition) is 3. The maximum absolute atomic E-state index is 14.7. The van der Waals surface area contributed by atoms with Crippen molar-refractivity contribution in [2.75, 3.05) is 0 Å². The summed E-state index contributed by atoms with van der Waals surface area (Å²) in [7, 11) is 0. The lowest BCUT2D eigenvalue weighted by Crippen LogP contribution is -2.66. The predicted molar refractivity (Wildman–Crippen MR) is 62.3 cm³/mol. The molecule has 4 nitrogen and oxygen atoms in total. The number of fused-ring (bicyclic) bond motifs is 2. The third-order valence-corrected chi connectivity index (χ3v) is 4.27. The maximum atomic E-state index is 14.7. The summed E-state index contributed by atoms with van der Waals surface area (Å²) in [6.07, 6.45) is -0.573. The second-order valence-corrected chi connectivity index (χ2v) is 6.21. The molecule has 2 aliphatic heterocycles. The van der Waals surface area contributed by atoms with E-state index in [9.17, 15) is 9.18 Å². The van der Waals surface area contributed by atoms with E-state index in [0.29, 0.717) is 6.42 Å². The van der Waals surface area contributed by atoms with Crippen molar-refractivity contribution in [3.05, 3.63) is 0 Å². The summed E-state index contributed by atoms with van der Waals surface area (Å²) in [4.78, 5) is 10.8. The number of carbonyl (C=O) groups is 1. The van der Waals surface area contributed by atoms with Gasteiger partial charge in [0, 0.05) is 12.5 Å². The second kappa shape index (κ2) is 3.83. The summed E-state index contributed by atoms with van der Waals surface area (Å²) >= 11 is 0. The summed E-state index contributed by atoms with van der Waals surface area (Å²) in [5, 5.41) is 3.39. The van der Waals surface area contributed by atoms with Crippen LogP contribution in [0.15, 0.2) is 0 Å². The normalized spacial score (nSPS) is 41.3. The molecule has 2 saturated heterocycles. The number of alkyl halides is 1. The van der Waals surface area contributed by atoms with Crippen molar-refractivity contribution in [3.63, 3.8) is 0 Å². The Labute approximate surface area is 101 Å². The lowest BCUT2D eigenvalue weighted by atomic mass is 9.68. The standard InChI is InChI=1S/C12H21FN2O2/c1-11(2,3)12-5-4-7(15-12)6-8(9(12)13)17-10(14)16/h7-9,15H,4-6H2,1-3H3,(H2,14,16)/t7-,8+,9-,12-/m0/s1. The molecule has 0 unspecified atom stereocenters. The van der Waals surface area contributed by atoms with E-state index < -0.39 is 23.9 Å². The van der Waals surface area contributed by atoms with E-state index >= 15 is 0 Å². The summed E-state index contributed by atoms with van der Waals surface area (Å²) < 4.78 is 19.6. The molecule has 5 heteroatoms. The zero-order valence-corrected chi connectivity index (χ0v) is 10.6. The summed E-state index contributed by atoms with van der Waals surface area (Å²) in [6, 6.07) is 0.227. The monoisotopic (exact) mass is 244 g/mol. The number of halogens is 1. The molecule has 1 amide bonds. The van der Waals surface area contributed by atoms with Gasteiger partial charge in [-0.2, -0.15) is 0 Å². The zero-order valence-electron chi connectivity index (χ0n) is 10.6. The Morgan fingerprint density at radius 3 is 2.71 bits per heavy atom. The number of piperidine rings is 1. The maximum Gasteiger partial charge on any atom is 0.404 e. The van der Waals surface area contributed by atoms with Crippen LogP contribution in [0.2, 0.25) is 0 Å². The third kappa shape index (κ3) is 1.90. The SMILES string of the molecule is CC(C)(C)[C@]12CC[C@@H](C[C@@H](OC(N)=O)[C@@H]1F)N2. The van der Waals surface area contributed by atoms with Crippen LogP contribution in [0.5, 0.6) is 0 Å². The Hall–Kier alpha value is -0.840. The molecule has 0 radical (unpaired) electrons. The smallest absolute Gasteiger partial charge is 0.404 e. The third-order valence-electron chi connectivity index (χ3n) is 4.27. The number of hydrogen-bond donors (Lipinski definition) is 2. The molecular weight excluding hydrogens is 223 g/mol. The zero-order chi connectivity index (χ0) is 12.8. The van der Waals surface area contributed by atoms with Gasteiger partial charge in [-0.25, -0.2) is 9.18 Å². The summed E-state index contributed by atoms with van der Waals surface area (Å²) in [5.74, 6) is 0. The Morgan fingerprint density at radius 1 is 1.53 bits per heavy atom. The molecule has 2 bridgehead atoms. The van der Waals surface area contributed by atoms with Crippen LogP contribution in [0.1, 0.15) is 40.0 Å². The molecular formula is C12H21FN2O2. The molecule has 4 atom stereocenters. The van der Waals surface area contributed by atoms with E-state index in [-0.39, 0.29) is 11.5 Å². The lowest BCUT2D eigenvalue weighted by molar-refractivity contribution is -0.0578. The predicted octanol–water partition coefficient (Wildman–Crippen LogP) is 1.73. The number of primary amides is 1. The number of carbonyl (C=O) groups excluding carboxylic acids is 1. The van der Waals surface area contributed by atoms with Gasteiger partial charge < -0.3 is 15.8 Å². The van der Waals surface area contributed by atoms with E-state index in [1.165, 1.54) is 0 Å². The molecule has 2 rings (SSSR count). The fourth-order valence-electron chi connectivity index (χ4n) is 3.28. The van der Waals surface area contributed by atoms with Crippen LogP contribution in [0.4, 0.5) is 9.18 Å². The van der Waals surface area contributed by atoms with E-state index in [1.54, 1.807) is 0 Å². The average molecular weight is 244 g/mol. The topological polar surface area (TPSA) is 64.3 Å². The molecule has 2 heterocycles. The highest BCUT2D eigenvalue weighted by atomic mass is 19.1. The average Bonchev–Trinajstić information content (AvgIpc) is 2.54. The van der Waals surface area contributed by atoms with Gasteiger partial charge in [-0.05, 0) is 18.3 Å². The molecule has 2 fully saturated rings. The second-order valence-electron chi connectivity index (χ2n) is 6.21. The minimum atomic E-state index is -1.20. The number of nitrogens with two attached hydrogens (primary N) is 1. The van der Waals surface area contributed by atoms with Crippen LogP contribution in [0.3, 0.4) is 0 Å². The molecule has 0 aromatic carbocycles. The van der Waals surface area contributed by atoms with Crippen LogP contribution >= 0.6 is 0 Å². The van der Waals surface area contributed by atoms with Gasteiger partial charge >= 0.3 is 6.09 Å². The Bertz CT molecular complexity index is 329. The summed E-state index contributed by atoms with van der Waals surface area (Å²) in [6.45, 7) is 6.05. The van der Waals surface area contributed by atoms with Crippen LogP contribution in [-0.2, 0) is 4.74 Å². The molecule has 2 aliphatic rings. The van der Waals surface area contributed by atoms with Gasteiger partial charge in [0.1, 0.15) is 6.10 Å². The van der Waals surface area contributed by atoms with Gasteiger partial charge in [0.05, 0.1) is 5.54 Å². The van der Waals surface area contributed by atoms with Crippen molar-refractivity contribution >= 4 is 6.09 Å². The lowest BCUT2D eigenvalue weighted by Gasteiger charge is -2.49. The van der Waals surface area contributed by atoms with E-state index in [2.05, 4.69) is 5.32 Å². The Kier molecular flexibility index (Phi) is 2.84. The molecule has 17 heavy (non-hydrogen) atoms.